The van der Waals surface area contributed by atoms with E-state index in [2.05, 4.69) is 21.2 Å². The Labute approximate surface area is 141 Å². The molecule has 6 heteroatoms. The molecule has 0 atom stereocenters. The predicted molar refractivity (Wildman–Crippen MR) is 87.8 cm³/mol. The Morgan fingerprint density at radius 1 is 1.23 bits per heavy atom. The number of carbonyl (C=O) groups excluding carboxylic acids is 1. The molecular weight excluding hydrogens is 373 g/mol. The summed E-state index contributed by atoms with van der Waals surface area (Å²) in [6, 6.07) is 11.5. The average molecular weight is 387 g/mol. The van der Waals surface area contributed by atoms with Crippen LogP contribution in [-0.2, 0) is 11.2 Å². The van der Waals surface area contributed by atoms with E-state index in [-0.39, 0.29) is 18.3 Å². The first-order chi connectivity index (χ1) is 10.5. The number of halogens is 3. The molecule has 0 bridgehead atoms. The van der Waals surface area contributed by atoms with Gasteiger partial charge in [0.2, 0.25) is 0 Å². The van der Waals surface area contributed by atoms with E-state index in [9.17, 15) is 9.18 Å². The predicted octanol–water partition coefficient (Wildman–Crippen LogP) is 3.98. The van der Waals surface area contributed by atoms with Gasteiger partial charge in [0, 0.05) is 11.6 Å². The van der Waals surface area contributed by atoms with E-state index in [1.807, 2.05) is 24.3 Å². The highest BCUT2D eigenvalue weighted by Crippen LogP contribution is 2.25. The van der Waals surface area contributed by atoms with Crippen LogP contribution >= 0.6 is 27.5 Å². The van der Waals surface area contributed by atoms with Crippen molar-refractivity contribution >= 4 is 33.4 Å². The number of hydrogen-bond donors (Lipinski definition) is 1. The molecule has 1 N–H and O–H groups in total. The van der Waals surface area contributed by atoms with Gasteiger partial charge in [-0.05, 0) is 58.2 Å². The molecule has 0 aliphatic rings. The van der Waals surface area contributed by atoms with Crippen molar-refractivity contribution in [2.75, 3.05) is 13.2 Å². The molecule has 2 rings (SSSR count). The van der Waals surface area contributed by atoms with Crippen LogP contribution in [0.2, 0.25) is 5.02 Å². The molecule has 0 aliphatic carbocycles. The first-order valence-corrected chi connectivity index (χ1v) is 7.80. The van der Waals surface area contributed by atoms with Crippen molar-refractivity contribution in [2.24, 2.45) is 0 Å². The number of nitrogens with one attached hydrogen (secondary N) is 1. The van der Waals surface area contributed by atoms with Gasteiger partial charge < -0.3 is 10.1 Å². The van der Waals surface area contributed by atoms with Crippen LogP contribution in [-0.4, -0.2) is 19.1 Å². The van der Waals surface area contributed by atoms with Gasteiger partial charge in [0.05, 0.1) is 4.47 Å². The van der Waals surface area contributed by atoms with E-state index in [0.717, 1.165) is 5.56 Å². The smallest absolute Gasteiger partial charge is 0.257 e. The second kappa shape index (κ2) is 8.15. The summed E-state index contributed by atoms with van der Waals surface area (Å²) in [5, 5.41) is 3.45. The van der Waals surface area contributed by atoms with E-state index in [0.29, 0.717) is 28.2 Å². The quantitative estimate of drug-likeness (QED) is 0.815. The molecule has 2 aromatic carbocycles. The summed E-state index contributed by atoms with van der Waals surface area (Å²) >= 11 is 8.98. The Balaban J connectivity index is 1.72. The maximum absolute atomic E-state index is 12.9. The van der Waals surface area contributed by atoms with Crippen LogP contribution in [0.15, 0.2) is 46.9 Å². The van der Waals surface area contributed by atoms with Crippen LogP contribution in [0.4, 0.5) is 4.39 Å². The summed E-state index contributed by atoms with van der Waals surface area (Å²) in [7, 11) is 0. The molecule has 0 heterocycles. The lowest BCUT2D eigenvalue weighted by molar-refractivity contribution is -0.123. The standard InChI is InChI=1S/C16H14BrClFNO2/c17-14-9-13(19)5-6-15(14)22-10-16(21)20-8-7-11-1-3-12(18)4-2-11/h1-6,9H,7-8,10H2,(H,20,21). The van der Waals surface area contributed by atoms with E-state index in [1.165, 1.54) is 18.2 Å². The summed E-state index contributed by atoms with van der Waals surface area (Å²) in [4.78, 5) is 11.7. The monoisotopic (exact) mass is 385 g/mol. The Morgan fingerprint density at radius 2 is 1.95 bits per heavy atom. The molecule has 0 radical (unpaired) electrons. The minimum absolute atomic E-state index is 0.120. The van der Waals surface area contributed by atoms with Crippen LogP contribution < -0.4 is 10.1 Å². The van der Waals surface area contributed by atoms with Gasteiger partial charge in [-0.2, -0.15) is 0 Å². The molecule has 1 amide bonds. The molecule has 3 nitrogen and oxygen atoms in total. The van der Waals surface area contributed by atoms with Crippen molar-refractivity contribution < 1.29 is 13.9 Å². The van der Waals surface area contributed by atoms with E-state index in [1.54, 1.807) is 0 Å². The Bertz CT molecular complexity index is 649. The third-order valence-corrected chi connectivity index (χ3v) is 3.77. The molecule has 0 unspecified atom stereocenters. The fourth-order valence-electron chi connectivity index (χ4n) is 1.78. The number of hydrogen-bond acceptors (Lipinski definition) is 2. The molecule has 0 fully saturated rings. The van der Waals surface area contributed by atoms with Crippen LogP contribution in [0.3, 0.4) is 0 Å². The van der Waals surface area contributed by atoms with Crippen molar-refractivity contribution in [1.29, 1.82) is 0 Å². The molecule has 0 saturated carbocycles. The zero-order chi connectivity index (χ0) is 15.9. The highest BCUT2D eigenvalue weighted by molar-refractivity contribution is 9.10. The zero-order valence-corrected chi connectivity index (χ0v) is 14.0. The van der Waals surface area contributed by atoms with Crippen molar-refractivity contribution in [1.82, 2.24) is 5.32 Å². The minimum atomic E-state index is -0.369. The van der Waals surface area contributed by atoms with Gasteiger partial charge in [0.15, 0.2) is 6.61 Å². The third kappa shape index (κ3) is 5.31. The van der Waals surface area contributed by atoms with Crippen LogP contribution in [0.5, 0.6) is 5.75 Å². The number of amides is 1. The topological polar surface area (TPSA) is 38.3 Å². The molecule has 116 valence electrons. The minimum Gasteiger partial charge on any atom is -0.483 e. The van der Waals surface area contributed by atoms with Gasteiger partial charge >= 0.3 is 0 Å². The first-order valence-electron chi connectivity index (χ1n) is 6.63. The summed E-state index contributed by atoms with van der Waals surface area (Å²) < 4.78 is 18.7. The SMILES string of the molecule is O=C(COc1ccc(F)cc1Br)NCCc1ccc(Cl)cc1. The zero-order valence-electron chi connectivity index (χ0n) is 11.6. The summed E-state index contributed by atoms with van der Waals surface area (Å²) in [5.74, 6) is -0.175. The number of ether oxygens (including phenoxy) is 1. The number of rotatable bonds is 6. The molecular formula is C16H14BrClFNO2. The molecule has 2 aromatic rings. The van der Waals surface area contributed by atoms with E-state index in [4.69, 9.17) is 16.3 Å². The normalized spacial score (nSPS) is 10.3. The molecule has 0 spiro atoms. The van der Waals surface area contributed by atoms with Crippen LogP contribution in [0.1, 0.15) is 5.56 Å². The molecule has 0 aliphatic heterocycles. The lowest BCUT2D eigenvalue weighted by Gasteiger charge is -2.09. The Morgan fingerprint density at radius 3 is 2.64 bits per heavy atom. The Hall–Kier alpha value is -1.59. The second-order valence-corrected chi connectivity index (χ2v) is 5.88. The van der Waals surface area contributed by atoms with Crippen molar-refractivity contribution in [3.8, 4) is 5.75 Å². The summed E-state index contributed by atoms with van der Waals surface area (Å²) in [5.41, 5.74) is 1.09. The van der Waals surface area contributed by atoms with Crippen molar-refractivity contribution in [3.63, 3.8) is 0 Å². The lowest BCUT2D eigenvalue weighted by Crippen LogP contribution is -2.30. The fourth-order valence-corrected chi connectivity index (χ4v) is 2.38. The van der Waals surface area contributed by atoms with Gasteiger partial charge in [0.1, 0.15) is 11.6 Å². The van der Waals surface area contributed by atoms with Crippen molar-refractivity contribution in [2.45, 2.75) is 6.42 Å². The van der Waals surface area contributed by atoms with E-state index < -0.39 is 0 Å². The van der Waals surface area contributed by atoms with Gasteiger partial charge in [0.25, 0.3) is 5.91 Å². The van der Waals surface area contributed by atoms with E-state index >= 15 is 0 Å². The number of benzene rings is 2. The second-order valence-electron chi connectivity index (χ2n) is 4.59. The van der Waals surface area contributed by atoms with Gasteiger partial charge in [-0.15, -0.1) is 0 Å². The Kier molecular flexibility index (Phi) is 6.21. The largest absolute Gasteiger partial charge is 0.483 e. The lowest BCUT2D eigenvalue weighted by atomic mass is 10.1. The van der Waals surface area contributed by atoms with Crippen LogP contribution in [0.25, 0.3) is 0 Å². The highest BCUT2D eigenvalue weighted by atomic mass is 79.9. The summed E-state index contributed by atoms with van der Waals surface area (Å²) in [6.07, 6.45) is 0.711. The van der Waals surface area contributed by atoms with Gasteiger partial charge in [-0.25, -0.2) is 4.39 Å². The summed E-state index contributed by atoms with van der Waals surface area (Å²) in [6.45, 7) is 0.388. The average Bonchev–Trinajstić information content (AvgIpc) is 2.48. The maximum Gasteiger partial charge on any atom is 0.257 e. The first kappa shape index (κ1) is 16.8. The molecule has 0 aromatic heterocycles. The fraction of sp³-hybridized carbons (Fsp3) is 0.188. The molecule has 22 heavy (non-hydrogen) atoms. The van der Waals surface area contributed by atoms with Gasteiger partial charge in [-0.3, -0.25) is 4.79 Å². The van der Waals surface area contributed by atoms with Gasteiger partial charge in [-0.1, -0.05) is 23.7 Å². The third-order valence-electron chi connectivity index (χ3n) is 2.90. The van der Waals surface area contributed by atoms with Crippen molar-refractivity contribution in [3.05, 3.63) is 63.3 Å². The highest BCUT2D eigenvalue weighted by Gasteiger charge is 2.06. The maximum atomic E-state index is 12.9. The number of carbonyl (C=O) groups is 1. The van der Waals surface area contributed by atoms with Crippen LogP contribution in [0, 0.1) is 5.82 Å². The molecule has 0 saturated heterocycles.